The van der Waals surface area contributed by atoms with Gasteiger partial charge in [-0.25, -0.2) is 0 Å². The van der Waals surface area contributed by atoms with Crippen molar-refractivity contribution in [3.05, 3.63) is 60.7 Å². The van der Waals surface area contributed by atoms with Crippen LogP contribution in [0.2, 0.25) is 0 Å². The van der Waals surface area contributed by atoms with Crippen molar-refractivity contribution in [3.63, 3.8) is 0 Å². The molecule has 1 fully saturated rings. The number of hydrogen-bond donors (Lipinski definition) is 0. The summed E-state index contributed by atoms with van der Waals surface area (Å²) in [7, 11) is -0.174. The fourth-order valence-electron chi connectivity index (χ4n) is 4.77. The van der Waals surface area contributed by atoms with Crippen LogP contribution in [0.4, 0.5) is 0 Å². The lowest BCUT2D eigenvalue weighted by molar-refractivity contribution is 0.710. The van der Waals surface area contributed by atoms with E-state index in [0.717, 1.165) is 22.6 Å². The molecule has 0 radical (unpaired) electrons. The van der Waals surface area contributed by atoms with Crippen molar-refractivity contribution in [3.8, 4) is 0 Å². The van der Waals surface area contributed by atoms with Crippen molar-refractivity contribution in [1.82, 2.24) is 0 Å². The molecule has 1 heterocycles. The van der Waals surface area contributed by atoms with Gasteiger partial charge in [0.05, 0.1) is 0 Å². The molecular formula is C24H34P2. The van der Waals surface area contributed by atoms with Crippen molar-refractivity contribution in [1.29, 1.82) is 0 Å². The van der Waals surface area contributed by atoms with Crippen LogP contribution in [-0.4, -0.2) is 22.6 Å². The van der Waals surface area contributed by atoms with Gasteiger partial charge in [0.1, 0.15) is 0 Å². The quantitative estimate of drug-likeness (QED) is 0.464. The van der Waals surface area contributed by atoms with E-state index in [0.29, 0.717) is 0 Å². The van der Waals surface area contributed by atoms with Gasteiger partial charge in [-0.15, -0.1) is 0 Å². The number of rotatable bonds is 7. The molecule has 3 rings (SSSR count). The Hall–Kier alpha value is -0.700. The zero-order valence-electron chi connectivity index (χ0n) is 16.8. The molecule has 0 saturated carbocycles. The highest BCUT2D eigenvalue weighted by Gasteiger charge is 2.40. The Morgan fingerprint density at radius 3 is 1.77 bits per heavy atom. The van der Waals surface area contributed by atoms with Crippen LogP contribution in [0.5, 0.6) is 0 Å². The van der Waals surface area contributed by atoms with E-state index >= 15 is 0 Å². The molecule has 0 aliphatic carbocycles. The summed E-state index contributed by atoms with van der Waals surface area (Å²) in [5.41, 5.74) is 3.54. The molecule has 1 saturated heterocycles. The second kappa shape index (κ2) is 9.48. The maximum Gasteiger partial charge on any atom is -0.00893 e. The van der Waals surface area contributed by atoms with E-state index in [4.69, 9.17) is 0 Å². The lowest BCUT2D eigenvalue weighted by Gasteiger charge is -2.39. The van der Waals surface area contributed by atoms with E-state index in [9.17, 15) is 0 Å². The maximum atomic E-state index is 2.58. The highest BCUT2D eigenvalue weighted by atomic mass is 31.1. The normalized spacial score (nSPS) is 23.3. The molecule has 2 aromatic carbocycles. The maximum absolute atomic E-state index is 2.58. The largest absolute Gasteiger partial charge is 0.0971 e. The topological polar surface area (TPSA) is 0 Å². The Kier molecular flexibility index (Phi) is 7.31. The van der Waals surface area contributed by atoms with Crippen LogP contribution in [-0.2, 0) is 0 Å². The Labute approximate surface area is 163 Å². The highest BCUT2D eigenvalue weighted by molar-refractivity contribution is 7.74. The predicted octanol–water partition coefficient (Wildman–Crippen LogP) is 6.73. The van der Waals surface area contributed by atoms with Crippen LogP contribution < -0.4 is 10.6 Å². The van der Waals surface area contributed by atoms with Crippen molar-refractivity contribution in [2.45, 2.75) is 76.0 Å². The Morgan fingerprint density at radius 2 is 1.35 bits per heavy atom. The molecule has 26 heavy (non-hydrogen) atoms. The van der Waals surface area contributed by atoms with Gasteiger partial charge >= 0.3 is 0 Å². The average molecular weight is 384 g/mol. The molecule has 2 heteroatoms. The SMILES string of the molecule is CCCC([C@H](C)P(c1ccccc1)c1ccccc1)P1[C@@H](C)CC[C@@H]1C. The molecule has 0 nitrogen and oxygen atoms in total. The summed E-state index contributed by atoms with van der Waals surface area (Å²) in [5.74, 6) is 0. The van der Waals surface area contributed by atoms with Gasteiger partial charge in [0.15, 0.2) is 0 Å². The summed E-state index contributed by atoms with van der Waals surface area (Å²) in [4.78, 5) is 0. The molecule has 4 atom stereocenters. The smallest absolute Gasteiger partial charge is 0.00893 e. The van der Waals surface area contributed by atoms with Crippen LogP contribution in [0.15, 0.2) is 60.7 Å². The molecule has 0 bridgehead atoms. The first-order valence-electron chi connectivity index (χ1n) is 10.3. The van der Waals surface area contributed by atoms with Crippen molar-refractivity contribution < 1.29 is 0 Å². The third kappa shape index (κ3) is 4.40. The van der Waals surface area contributed by atoms with E-state index in [1.807, 2.05) is 0 Å². The first kappa shape index (κ1) is 20.0. The lowest BCUT2D eigenvalue weighted by atomic mass is 10.2. The molecule has 1 unspecified atom stereocenters. The molecule has 0 N–H and O–H groups in total. The third-order valence-electron chi connectivity index (χ3n) is 6.02. The fourth-order valence-corrected chi connectivity index (χ4v) is 12.5. The van der Waals surface area contributed by atoms with Crippen LogP contribution in [0.3, 0.4) is 0 Å². The highest BCUT2D eigenvalue weighted by Crippen LogP contribution is 2.63. The summed E-state index contributed by atoms with van der Waals surface area (Å²) in [6.07, 6.45) is 5.63. The molecule has 1 aliphatic heterocycles. The van der Waals surface area contributed by atoms with Gasteiger partial charge in [-0.2, -0.15) is 0 Å². The fraction of sp³-hybridized carbons (Fsp3) is 0.500. The molecule has 0 spiro atoms. The minimum Gasteiger partial charge on any atom is -0.0971 e. The summed E-state index contributed by atoms with van der Waals surface area (Å²) < 4.78 is 0. The van der Waals surface area contributed by atoms with Gasteiger partial charge in [0.25, 0.3) is 0 Å². The lowest BCUT2D eigenvalue weighted by Crippen LogP contribution is -2.31. The van der Waals surface area contributed by atoms with Crippen LogP contribution >= 0.6 is 15.8 Å². The van der Waals surface area contributed by atoms with E-state index < -0.39 is 0 Å². The summed E-state index contributed by atoms with van der Waals surface area (Å²) in [6.45, 7) is 10.0. The van der Waals surface area contributed by atoms with Crippen molar-refractivity contribution in [2.75, 3.05) is 0 Å². The first-order chi connectivity index (χ1) is 12.6. The molecule has 2 aromatic rings. The van der Waals surface area contributed by atoms with Crippen LogP contribution in [0.1, 0.15) is 53.4 Å². The molecule has 0 amide bonds. The third-order valence-corrected chi connectivity index (χ3v) is 13.2. The molecule has 0 aromatic heterocycles. The monoisotopic (exact) mass is 384 g/mol. The summed E-state index contributed by atoms with van der Waals surface area (Å²) >= 11 is 0. The standard InChI is InChI=1S/C24H34P2/c1-5-12-24(25-19(2)17-18-20(25)3)21(4)26(22-13-8-6-9-14-22)23-15-10-7-11-16-23/h6-11,13-16,19-21,24H,5,12,17-18H2,1-4H3/t19-,20-,21-,24?/m0/s1. The van der Waals surface area contributed by atoms with Gasteiger partial charge in [0, 0.05) is 0 Å². The van der Waals surface area contributed by atoms with Gasteiger partial charge < -0.3 is 0 Å². The van der Waals surface area contributed by atoms with Crippen molar-refractivity contribution >= 4 is 26.5 Å². The Bertz CT molecular complexity index is 605. The van der Waals surface area contributed by atoms with E-state index in [2.05, 4.69) is 88.4 Å². The van der Waals surface area contributed by atoms with Gasteiger partial charge in [-0.05, 0) is 60.4 Å². The average Bonchev–Trinajstić information content (AvgIpc) is 3.00. The van der Waals surface area contributed by atoms with Crippen molar-refractivity contribution in [2.24, 2.45) is 0 Å². The van der Waals surface area contributed by atoms with Gasteiger partial charge in [-0.3, -0.25) is 0 Å². The zero-order chi connectivity index (χ0) is 18.5. The zero-order valence-corrected chi connectivity index (χ0v) is 18.6. The second-order valence-electron chi connectivity index (χ2n) is 7.86. The van der Waals surface area contributed by atoms with E-state index in [-0.39, 0.29) is 15.8 Å². The van der Waals surface area contributed by atoms with Gasteiger partial charge in [0.2, 0.25) is 0 Å². The molecular weight excluding hydrogens is 350 g/mol. The summed E-state index contributed by atoms with van der Waals surface area (Å²) in [5, 5.41) is 3.11. The molecule has 140 valence electrons. The van der Waals surface area contributed by atoms with E-state index in [1.165, 1.54) is 25.7 Å². The second-order valence-corrected chi connectivity index (χ2v) is 13.8. The Balaban J connectivity index is 1.98. The van der Waals surface area contributed by atoms with Gasteiger partial charge in [-0.1, -0.05) is 103 Å². The van der Waals surface area contributed by atoms with Crippen LogP contribution in [0.25, 0.3) is 0 Å². The minimum absolute atomic E-state index is 0.127. The number of benzene rings is 2. The summed E-state index contributed by atoms with van der Waals surface area (Å²) in [6, 6.07) is 22.7. The Morgan fingerprint density at radius 1 is 0.885 bits per heavy atom. The van der Waals surface area contributed by atoms with Crippen LogP contribution in [0, 0.1) is 0 Å². The van der Waals surface area contributed by atoms with E-state index in [1.54, 1.807) is 10.6 Å². The first-order valence-corrected chi connectivity index (χ1v) is 13.3. The number of hydrogen-bond acceptors (Lipinski definition) is 0. The minimum atomic E-state index is -0.301. The predicted molar refractivity (Wildman–Crippen MR) is 122 cm³/mol. The molecule has 1 aliphatic rings.